The minimum Gasteiger partial charge on any atom is -0.441 e. The molecule has 0 fully saturated rings. The molecular formula is C9H6F3NO2. The van der Waals surface area contributed by atoms with E-state index in [0.717, 1.165) is 0 Å². The molecule has 0 spiro atoms. The fraction of sp³-hybridized carbons (Fsp3) is 0.222. The molecule has 0 radical (unpaired) electrons. The molecule has 0 atom stereocenters. The maximum absolute atomic E-state index is 11.8. The number of alkyl halides is 3. The second kappa shape index (κ2) is 3.45. The van der Waals surface area contributed by atoms with Crippen LogP contribution in [0.5, 0.6) is 6.08 Å². The number of ether oxygens (including phenoxy) is 1. The molecule has 0 aliphatic rings. The van der Waals surface area contributed by atoms with Gasteiger partial charge in [-0.3, -0.25) is 0 Å². The summed E-state index contributed by atoms with van der Waals surface area (Å²) in [6.07, 6.45) is -4.76. The standard InChI is InChI=1S/C9H6F3NO2/c10-9(11,12)5-14-8-13-6-3-1-2-4-7(6)15-8/h1-4H,5H2. The fourth-order valence-electron chi connectivity index (χ4n) is 1.06. The third-order valence-electron chi connectivity index (χ3n) is 1.63. The van der Waals surface area contributed by atoms with Gasteiger partial charge in [0, 0.05) is 0 Å². The van der Waals surface area contributed by atoms with Crippen molar-refractivity contribution in [2.24, 2.45) is 0 Å². The summed E-state index contributed by atoms with van der Waals surface area (Å²) in [5.74, 6) is 0. The van der Waals surface area contributed by atoms with Gasteiger partial charge in [0.2, 0.25) is 0 Å². The second-order valence-electron chi connectivity index (χ2n) is 2.85. The van der Waals surface area contributed by atoms with Crippen LogP contribution in [0.15, 0.2) is 28.7 Å². The van der Waals surface area contributed by atoms with Crippen molar-refractivity contribution in [2.75, 3.05) is 6.61 Å². The van der Waals surface area contributed by atoms with Crippen LogP contribution in [0.2, 0.25) is 0 Å². The summed E-state index contributed by atoms with van der Waals surface area (Å²) < 4.78 is 44.7. The lowest BCUT2D eigenvalue weighted by Crippen LogP contribution is -2.19. The maximum Gasteiger partial charge on any atom is 0.422 e. The third-order valence-corrected chi connectivity index (χ3v) is 1.63. The van der Waals surface area contributed by atoms with E-state index in [1.165, 1.54) is 0 Å². The zero-order valence-corrected chi connectivity index (χ0v) is 7.41. The summed E-state index contributed by atoms with van der Waals surface area (Å²) in [6, 6.07) is 6.63. The van der Waals surface area contributed by atoms with Crippen LogP contribution in [-0.2, 0) is 0 Å². The van der Waals surface area contributed by atoms with E-state index in [0.29, 0.717) is 11.1 Å². The Bertz CT molecular complexity index is 431. The second-order valence-corrected chi connectivity index (χ2v) is 2.85. The van der Waals surface area contributed by atoms with E-state index < -0.39 is 12.8 Å². The van der Waals surface area contributed by atoms with E-state index in [4.69, 9.17) is 4.42 Å². The first-order valence-electron chi connectivity index (χ1n) is 4.10. The maximum atomic E-state index is 11.8. The minimum atomic E-state index is -4.39. The topological polar surface area (TPSA) is 35.3 Å². The molecule has 0 aliphatic heterocycles. The van der Waals surface area contributed by atoms with Gasteiger partial charge in [-0.05, 0) is 12.1 Å². The monoisotopic (exact) mass is 217 g/mol. The highest BCUT2D eigenvalue weighted by Crippen LogP contribution is 2.22. The van der Waals surface area contributed by atoms with Crippen LogP contribution < -0.4 is 4.74 Å². The first-order chi connectivity index (χ1) is 7.04. The van der Waals surface area contributed by atoms with Gasteiger partial charge < -0.3 is 9.15 Å². The smallest absolute Gasteiger partial charge is 0.422 e. The van der Waals surface area contributed by atoms with Crippen molar-refractivity contribution < 1.29 is 22.3 Å². The first-order valence-corrected chi connectivity index (χ1v) is 4.10. The van der Waals surface area contributed by atoms with Gasteiger partial charge in [-0.2, -0.15) is 18.2 Å². The number of hydrogen-bond acceptors (Lipinski definition) is 3. The van der Waals surface area contributed by atoms with Gasteiger partial charge in [0.1, 0.15) is 5.52 Å². The van der Waals surface area contributed by atoms with E-state index in [1.807, 2.05) is 0 Å². The van der Waals surface area contributed by atoms with Crippen molar-refractivity contribution in [3.8, 4) is 6.08 Å². The Kier molecular flexibility index (Phi) is 2.26. The van der Waals surface area contributed by atoms with Crippen molar-refractivity contribution in [2.45, 2.75) is 6.18 Å². The molecule has 0 aliphatic carbocycles. The number of nitrogens with zero attached hydrogens (tertiary/aromatic N) is 1. The average molecular weight is 217 g/mol. The highest BCUT2D eigenvalue weighted by molar-refractivity contribution is 5.72. The number of halogens is 3. The number of hydrogen-bond donors (Lipinski definition) is 0. The lowest BCUT2D eigenvalue weighted by Gasteiger charge is -2.04. The predicted molar refractivity (Wildman–Crippen MR) is 45.6 cm³/mol. The van der Waals surface area contributed by atoms with Crippen molar-refractivity contribution >= 4 is 11.1 Å². The molecule has 0 saturated heterocycles. The zero-order chi connectivity index (χ0) is 10.9. The lowest BCUT2D eigenvalue weighted by molar-refractivity contribution is -0.156. The molecule has 6 heteroatoms. The number of benzene rings is 1. The SMILES string of the molecule is FC(F)(F)COc1nc2ccccc2o1. The Morgan fingerprint density at radius 1 is 1.27 bits per heavy atom. The number of oxazole rings is 1. The summed E-state index contributed by atoms with van der Waals surface area (Å²) in [7, 11) is 0. The summed E-state index contributed by atoms with van der Waals surface area (Å²) in [5.41, 5.74) is 0.865. The molecule has 3 nitrogen and oxygen atoms in total. The third kappa shape index (κ3) is 2.39. The Balaban J connectivity index is 2.16. The van der Waals surface area contributed by atoms with Crippen molar-refractivity contribution in [3.05, 3.63) is 24.3 Å². The molecule has 0 saturated carbocycles. The number of aromatic nitrogens is 1. The molecule has 1 aromatic carbocycles. The van der Waals surface area contributed by atoms with Crippen molar-refractivity contribution in [3.63, 3.8) is 0 Å². The Morgan fingerprint density at radius 2 is 2.00 bits per heavy atom. The minimum absolute atomic E-state index is 0.367. The molecular weight excluding hydrogens is 211 g/mol. The molecule has 1 aromatic heterocycles. The van der Waals surface area contributed by atoms with Crippen LogP contribution >= 0.6 is 0 Å². The summed E-state index contributed by atoms with van der Waals surface area (Å²) in [6.45, 7) is -1.40. The van der Waals surface area contributed by atoms with Gasteiger partial charge in [0.15, 0.2) is 12.2 Å². The molecule has 80 valence electrons. The molecule has 0 N–H and O–H groups in total. The van der Waals surface area contributed by atoms with Gasteiger partial charge in [-0.25, -0.2) is 0 Å². The Labute approximate surface area is 82.5 Å². The van der Waals surface area contributed by atoms with Crippen LogP contribution in [0.1, 0.15) is 0 Å². The normalized spacial score (nSPS) is 11.9. The Hall–Kier alpha value is -1.72. The molecule has 0 bridgehead atoms. The number of fused-ring (bicyclic) bond motifs is 1. The predicted octanol–water partition coefficient (Wildman–Crippen LogP) is 2.77. The van der Waals surface area contributed by atoms with Crippen LogP contribution in [0.4, 0.5) is 13.2 Å². The first kappa shape index (κ1) is 9.82. The van der Waals surface area contributed by atoms with Crippen LogP contribution in [0, 0.1) is 0 Å². The molecule has 2 aromatic rings. The number of rotatable bonds is 2. The quantitative estimate of drug-likeness (QED) is 0.775. The van der Waals surface area contributed by atoms with E-state index in [9.17, 15) is 13.2 Å². The van der Waals surface area contributed by atoms with Gasteiger partial charge in [0.25, 0.3) is 0 Å². The van der Waals surface area contributed by atoms with Crippen LogP contribution in [0.25, 0.3) is 11.1 Å². The summed E-state index contributed by atoms with van der Waals surface area (Å²) in [4.78, 5) is 3.73. The van der Waals surface area contributed by atoms with Crippen molar-refractivity contribution in [1.82, 2.24) is 4.98 Å². The van der Waals surface area contributed by atoms with Crippen LogP contribution in [-0.4, -0.2) is 17.8 Å². The van der Waals surface area contributed by atoms with E-state index in [-0.39, 0.29) is 6.08 Å². The Morgan fingerprint density at radius 3 is 2.67 bits per heavy atom. The van der Waals surface area contributed by atoms with E-state index in [1.54, 1.807) is 24.3 Å². The van der Waals surface area contributed by atoms with Crippen molar-refractivity contribution in [1.29, 1.82) is 0 Å². The fourth-order valence-corrected chi connectivity index (χ4v) is 1.06. The van der Waals surface area contributed by atoms with Gasteiger partial charge in [0.05, 0.1) is 0 Å². The molecule has 15 heavy (non-hydrogen) atoms. The van der Waals surface area contributed by atoms with E-state index in [2.05, 4.69) is 9.72 Å². The van der Waals surface area contributed by atoms with Gasteiger partial charge in [-0.1, -0.05) is 12.1 Å². The summed E-state index contributed by atoms with van der Waals surface area (Å²) >= 11 is 0. The zero-order valence-electron chi connectivity index (χ0n) is 7.41. The van der Waals surface area contributed by atoms with Crippen LogP contribution in [0.3, 0.4) is 0 Å². The number of para-hydroxylation sites is 2. The largest absolute Gasteiger partial charge is 0.441 e. The highest BCUT2D eigenvalue weighted by atomic mass is 19.4. The molecule has 2 rings (SSSR count). The molecule has 0 amide bonds. The van der Waals surface area contributed by atoms with Gasteiger partial charge in [-0.15, -0.1) is 0 Å². The molecule has 0 unspecified atom stereocenters. The molecule has 1 heterocycles. The average Bonchev–Trinajstić information content (AvgIpc) is 2.56. The van der Waals surface area contributed by atoms with Gasteiger partial charge >= 0.3 is 12.3 Å². The lowest BCUT2D eigenvalue weighted by atomic mass is 10.3. The highest BCUT2D eigenvalue weighted by Gasteiger charge is 2.29. The summed E-state index contributed by atoms with van der Waals surface area (Å²) in [5, 5.41) is 0. The van der Waals surface area contributed by atoms with E-state index >= 15 is 0 Å².